The van der Waals surface area contributed by atoms with E-state index in [1.807, 2.05) is 11.0 Å². The number of hydrogen-bond donors (Lipinski definition) is 0. The molecule has 0 aliphatic carbocycles. The number of carbonyl (C=O) groups is 1. The number of likely N-dealkylation sites (tertiary alicyclic amines) is 1. The van der Waals surface area contributed by atoms with Gasteiger partial charge in [0.2, 0.25) is 0 Å². The van der Waals surface area contributed by atoms with Crippen LogP contribution in [0.25, 0.3) is 0 Å². The summed E-state index contributed by atoms with van der Waals surface area (Å²) in [4.78, 5) is 21.0. The topological polar surface area (TPSA) is 45.7 Å². The Morgan fingerprint density at radius 3 is 2.55 bits per heavy atom. The summed E-state index contributed by atoms with van der Waals surface area (Å²) < 4.78 is 19.2. The summed E-state index contributed by atoms with van der Waals surface area (Å²) in [5, 5.41) is 0. The van der Waals surface area contributed by atoms with Crippen LogP contribution in [0.5, 0.6) is 0 Å². The molecule has 29 heavy (non-hydrogen) atoms. The lowest BCUT2D eigenvalue weighted by Gasteiger charge is -2.47. The number of morpholine rings is 1. The van der Waals surface area contributed by atoms with Gasteiger partial charge < -0.3 is 14.5 Å². The van der Waals surface area contributed by atoms with Gasteiger partial charge in [0.15, 0.2) is 0 Å². The summed E-state index contributed by atoms with van der Waals surface area (Å²) in [5.41, 5.74) is 1.39. The Bertz CT molecular complexity index is 795. The number of carbonyl (C=O) groups excluding carboxylic acids is 1. The Balaban J connectivity index is 0.00000240. The molecule has 3 heterocycles. The standard InChI is InChI=1S/C22H26FN3O2.ClH/c23-19-6-7-20(24-16-19)21(27)26-14-15-28-22(17-26)9-12-25(13-10-22)11-8-18-4-2-1-3-5-18;/h1-7,16H,8-15,17H2;1H. The van der Waals surface area contributed by atoms with Gasteiger partial charge >= 0.3 is 0 Å². The molecule has 0 N–H and O–H groups in total. The molecule has 1 aromatic carbocycles. The molecule has 1 spiro atoms. The van der Waals surface area contributed by atoms with E-state index in [0.717, 1.165) is 45.1 Å². The normalized spacial score (nSPS) is 19.0. The van der Waals surface area contributed by atoms with Crippen LogP contribution < -0.4 is 0 Å². The van der Waals surface area contributed by atoms with Crippen molar-refractivity contribution in [1.29, 1.82) is 0 Å². The van der Waals surface area contributed by atoms with Gasteiger partial charge in [-0.3, -0.25) is 4.79 Å². The number of ether oxygens (including phenoxy) is 1. The molecule has 0 atom stereocenters. The maximum absolute atomic E-state index is 13.1. The molecule has 2 aliphatic rings. The average molecular weight is 420 g/mol. The smallest absolute Gasteiger partial charge is 0.272 e. The summed E-state index contributed by atoms with van der Waals surface area (Å²) in [7, 11) is 0. The monoisotopic (exact) mass is 419 g/mol. The molecule has 2 aromatic rings. The van der Waals surface area contributed by atoms with Gasteiger partial charge in [0.05, 0.1) is 24.9 Å². The van der Waals surface area contributed by atoms with Gasteiger partial charge in [-0.05, 0) is 37.0 Å². The maximum atomic E-state index is 13.1. The number of nitrogens with zero attached hydrogens (tertiary/aromatic N) is 3. The van der Waals surface area contributed by atoms with Gasteiger partial charge in [-0.2, -0.15) is 0 Å². The highest BCUT2D eigenvalue weighted by atomic mass is 35.5. The van der Waals surface area contributed by atoms with E-state index in [9.17, 15) is 9.18 Å². The van der Waals surface area contributed by atoms with Crippen molar-refractivity contribution in [2.75, 3.05) is 39.3 Å². The minimum Gasteiger partial charge on any atom is -0.371 e. The Labute approximate surface area is 177 Å². The number of amides is 1. The first kappa shape index (κ1) is 21.7. The number of aromatic nitrogens is 1. The third kappa shape index (κ3) is 5.32. The lowest BCUT2D eigenvalue weighted by Crippen LogP contribution is -2.58. The van der Waals surface area contributed by atoms with Crippen LogP contribution in [-0.2, 0) is 11.2 Å². The van der Waals surface area contributed by atoms with E-state index in [1.54, 1.807) is 0 Å². The summed E-state index contributed by atoms with van der Waals surface area (Å²) in [5.74, 6) is -0.577. The second-order valence-electron chi connectivity index (χ2n) is 7.70. The largest absolute Gasteiger partial charge is 0.371 e. The van der Waals surface area contributed by atoms with E-state index in [1.165, 1.54) is 17.7 Å². The van der Waals surface area contributed by atoms with E-state index in [0.29, 0.717) is 25.4 Å². The maximum Gasteiger partial charge on any atom is 0.272 e. The second kappa shape index (κ2) is 9.65. The first-order valence-electron chi connectivity index (χ1n) is 9.95. The molecule has 5 nitrogen and oxygen atoms in total. The molecular weight excluding hydrogens is 393 g/mol. The predicted molar refractivity (Wildman–Crippen MR) is 112 cm³/mol. The molecule has 0 saturated carbocycles. The van der Waals surface area contributed by atoms with Crippen LogP contribution in [0, 0.1) is 5.82 Å². The number of halogens is 2. The van der Waals surface area contributed by atoms with E-state index >= 15 is 0 Å². The highest BCUT2D eigenvalue weighted by molar-refractivity contribution is 5.92. The Morgan fingerprint density at radius 2 is 1.86 bits per heavy atom. The lowest BCUT2D eigenvalue weighted by atomic mass is 9.89. The van der Waals surface area contributed by atoms with Gasteiger partial charge in [0, 0.05) is 26.2 Å². The molecule has 2 saturated heterocycles. The van der Waals surface area contributed by atoms with E-state index < -0.39 is 5.82 Å². The Morgan fingerprint density at radius 1 is 1.10 bits per heavy atom. The van der Waals surface area contributed by atoms with Gasteiger partial charge in [0.1, 0.15) is 11.5 Å². The molecule has 156 valence electrons. The molecule has 0 unspecified atom stereocenters. The summed E-state index contributed by atoms with van der Waals surface area (Å²) >= 11 is 0. The van der Waals surface area contributed by atoms with Crippen molar-refractivity contribution >= 4 is 18.3 Å². The molecule has 7 heteroatoms. The van der Waals surface area contributed by atoms with Crippen LogP contribution in [-0.4, -0.2) is 65.6 Å². The van der Waals surface area contributed by atoms with E-state index in [-0.39, 0.29) is 23.9 Å². The van der Waals surface area contributed by atoms with Crippen molar-refractivity contribution in [2.45, 2.75) is 24.9 Å². The van der Waals surface area contributed by atoms with Gasteiger partial charge in [-0.1, -0.05) is 30.3 Å². The van der Waals surface area contributed by atoms with E-state index in [4.69, 9.17) is 4.74 Å². The first-order chi connectivity index (χ1) is 13.6. The number of pyridine rings is 1. The average Bonchev–Trinajstić information content (AvgIpc) is 2.74. The number of benzene rings is 1. The van der Waals surface area contributed by atoms with Crippen molar-refractivity contribution in [3.8, 4) is 0 Å². The van der Waals surface area contributed by atoms with Crippen LogP contribution in [0.2, 0.25) is 0 Å². The number of piperidine rings is 1. The van der Waals surface area contributed by atoms with E-state index in [2.05, 4.69) is 34.1 Å². The lowest BCUT2D eigenvalue weighted by molar-refractivity contribution is -0.127. The van der Waals surface area contributed by atoms with Crippen LogP contribution in [0.1, 0.15) is 28.9 Å². The Kier molecular flexibility index (Phi) is 7.22. The molecule has 0 bridgehead atoms. The number of rotatable bonds is 4. The molecular formula is C22H27ClFN3O2. The molecule has 2 aliphatic heterocycles. The molecule has 1 amide bonds. The van der Waals surface area contributed by atoms with Crippen molar-refractivity contribution in [3.05, 3.63) is 65.7 Å². The second-order valence-corrected chi connectivity index (χ2v) is 7.70. The van der Waals surface area contributed by atoms with Crippen molar-refractivity contribution in [3.63, 3.8) is 0 Å². The quantitative estimate of drug-likeness (QED) is 0.763. The fourth-order valence-electron chi connectivity index (χ4n) is 4.10. The molecule has 2 fully saturated rings. The summed E-state index contributed by atoms with van der Waals surface area (Å²) in [6.45, 7) is 4.67. The molecule has 1 aromatic heterocycles. The third-order valence-electron chi connectivity index (χ3n) is 5.81. The first-order valence-corrected chi connectivity index (χ1v) is 9.95. The van der Waals surface area contributed by atoms with Crippen molar-refractivity contribution in [1.82, 2.24) is 14.8 Å². The SMILES string of the molecule is Cl.O=C(c1ccc(F)cn1)N1CCOC2(CCN(CCc3ccccc3)CC2)C1. The van der Waals surface area contributed by atoms with Gasteiger partial charge in [0.25, 0.3) is 5.91 Å². The zero-order valence-corrected chi connectivity index (χ0v) is 17.2. The highest BCUT2D eigenvalue weighted by Gasteiger charge is 2.41. The summed E-state index contributed by atoms with van der Waals surface area (Å²) in [6.07, 6.45) is 3.98. The Hall–Kier alpha value is -2.02. The van der Waals surface area contributed by atoms with Crippen LogP contribution in [0.15, 0.2) is 48.7 Å². The van der Waals surface area contributed by atoms with Crippen LogP contribution in [0.3, 0.4) is 0 Å². The van der Waals surface area contributed by atoms with Gasteiger partial charge in [-0.15, -0.1) is 12.4 Å². The minimum atomic E-state index is -0.433. The highest BCUT2D eigenvalue weighted by Crippen LogP contribution is 2.30. The van der Waals surface area contributed by atoms with Gasteiger partial charge in [-0.25, -0.2) is 9.37 Å². The van der Waals surface area contributed by atoms with Crippen LogP contribution >= 0.6 is 12.4 Å². The van der Waals surface area contributed by atoms with Crippen molar-refractivity contribution in [2.24, 2.45) is 0 Å². The third-order valence-corrected chi connectivity index (χ3v) is 5.81. The molecule has 0 radical (unpaired) electrons. The summed E-state index contributed by atoms with van der Waals surface area (Å²) in [6, 6.07) is 13.3. The van der Waals surface area contributed by atoms with Crippen molar-refractivity contribution < 1.29 is 13.9 Å². The zero-order valence-electron chi connectivity index (χ0n) is 16.4. The fraction of sp³-hybridized carbons (Fsp3) is 0.455. The number of hydrogen-bond acceptors (Lipinski definition) is 4. The van der Waals surface area contributed by atoms with Crippen LogP contribution in [0.4, 0.5) is 4.39 Å². The minimum absolute atomic E-state index is 0. The fourth-order valence-corrected chi connectivity index (χ4v) is 4.10. The predicted octanol–water partition coefficient (Wildman–Crippen LogP) is 3.19. The molecule has 4 rings (SSSR count). The zero-order chi connectivity index (χ0) is 19.4.